The van der Waals surface area contributed by atoms with Crippen LogP contribution in [0.15, 0.2) is 72.8 Å². The lowest BCUT2D eigenvalue weighted by atomic mass is 9.97. The highest BCUT2D eigenvalue weighted by Crippen LogP contribution is 2.38. The first-order valence-electron chi connectivity index (χ1n) is 29.5. The molecule has 1 saturated carbocycles. The quantitative estimate of drug-likeness (QED) is 0.0172. The molecule has 28 heteroatoms. The van der Waals surface area contributed by atoms with Crippen molar-refractivity contribution in [2.24, 2.45) is 0 Å². The SMILES string of the molecule is CC(C)(C)NC[C@@H](COc1ccccc1C1CCCC1)OC(=O)COCCO[N+](=O)[O-].COCCc1ccc(OCC(CNC(C)C)OC(=O)CCCO[N+](=O)[O-])cc1.COCCc1ccc(OCC(CNC(C)C)OC(=O)COCCO[N+](=O)[O-])cc1. The van der Waals surface area contributed by atoms with E-state index in [4.69, 9.17) is 47.4 Å². The minimum absolute atomic E-state index is 0.0419. The second-order valence-electron chi connectivity index (χ2n) is 21.7. The van der Waals surface area contributed by atoms with Crippen molar-refractivity contribution in [2.75, 3.05) is 113 Å². The van der Waals surface area contributed by atoms with Crippen molar-refractivity contribution in [3.05, 3.63) is 120 Å². The van der Waals surface area contributed by atoms with E-state index in [2.05, 4.69) is 36.5 Å². The molecule has 0 saturated heterocycles. The standard InChI is InChI=1S/C22H34N2O7.C19H30N2O8.C19H30N2O7/c1-22(2,3)23-14-18(31-21(25)16-28-12-13-30-24(26)27)15-29-20-11-7-6-10-19(20)17-8-4-5-9-17;1-15(2)20-12-18(29-19(22)14-26-10-11-28-21(23)24)13-27-17-6-4-16(5-7-17)8-9-25-3;1-15(2)20-13-18(28-19(22)5-4-11-27-21(23)24)14-26-17-8-6-16(7-9-17)10-12-25-3/h6-7,10-11,17-18,23H,4-5,8-9,12-16H2,1-3H3;4-7,15,18,20H,8-14H2,1-3H3;6-9,15,18,20H,4-5,10-14H2,1-3H3/t18-;;/m0../s1. The van der Waals surface area contributed by atoms with Gasteiger partial charge in [-0.25, -0.2) is 9.59 Å². The van der Waals surface area contributed by atoms with Gasteiger partial charge in [-0.2, -0.15) is 0 Å². The predicted octanol–water partition coefficient (Wildman–Crippen LogP) is 6.79. The molecule has 0 heterocycles. The average molecular weight is 1250 g/mol. The van der Waals surface area contributed by atoms with Crippen LogP contribution < -0.4 is 30.2 Å². The summed E-state index contributed by atoms with van der Waals surface area (Å²) in [5, 5.41) is 37.3. The summed E-state index contributed by atoms with van der Waals surface area (Å²) in [5.74, 6) is 1.12. The second kappa shape index (κ2) is 46.0. The summed E-state index contributed by atoms with van der Waals surface area (Å²) in [5.41, 5.74) is 3.35. The van der Waals surface area contributed by atoms with Crippen molar-refractivity contribution < 1.29 is 91.5 Å². The summed E-state index contributed by atoms with van der Waals surface area (Å²) in [4.78, 5) is 78.7. The molecule has 3 N–H and O–H groups in total. The fraction of sp³-hybridized carbons (Fsp3) is 0.650. The van der Waals surface area contributed by atoms with Gasteiger partial charge in [0.15, 0.2) is 0 Å². The fourth-order valence-corrected chi connectivity index (χ4v) is 7.94. The smallest absolute Gasteiger partial charge is 0.332 e. The number of hydrogen-bond donors (Lipinski definition) is 3. The van der Waals surface area contributed by atoms with E-state index >= 15 is 0 Å². The molecule has 3 aromatic carbocycles. The van der Waals surface area contributed by atoms with Crippen molar-refractivity contribution >= 4 is 17.9 Å². The molecule has 1 fully saturated rings. The van der Waals surface area contributed by atoms with Crippen molar-refractivity contribution in [3.8, 4) is 17.2 Å². The van der Waals surface area contributed by atoms with Crippen LogP contribution in [-0.2, 0) is 74.9 Å². The number of benzene rings is 3. The van der Waals surface area contributed by atoms with E-state index in [9.17, 15) is 44.7 Å². The predicted molar refractivity (Wildman–Crippen MR) is 322 cm³/mol. The van der Waals surface area contributed by atoms with E-state index in [-0.39, 0.29) is 96.5 Å². The first-order chi connectivity index (χ1) is 42.0. The molecule has 0 aromatic heterocycles. The summed E-state index contributed by atoms with van der Waals surface area (Å²) in [6.07, 6.45) is 5.22. The van der Waals surface area contributed by atoms with Crippen LogP contribution in [-0.4, -0.2) is 182 Å². The summed E-state index contributed by atoms with van der Waals surface area (Å²) in [6, 6.07) is 23.8. The van der Waals surface area contributed by atoms with E-state index in [0.717, 1.165) is 29.7 Å². The Bertz CT molecular complexity index is 2390. The maximum atomic E-state index is 12.2. The zero-order valence-electron chi connectivity index (χ0n) is 52.5. The third kappa shape index (κ3) is 40.3. The van der Waals surface area contributed by atoms with Gasteiger partial charge in [0.1, 0.15) is 81.8 Å². The van der Waals surface area contributed by atoms with Crippen LogP contribution >= 0.6 is 0 Å². The molecule has 1 aliphatic carbocycles. The normalized spacial score (nSPS) is 13.1. The molecule has 496 valence electrons. The monoisotopic (exact) mass is 1250 g/mol. The van der Waals surface area contributed by atoms with Gasteiger partial charge in [-0.3, -0.25) is 4.79 Å². The molecule has 28 nitrogen and oxygen atoms in total. The molecular weight excluding hydrogens is 1160 g/mol. The second-order valence-corrected chi connectivity index (χ2v) is 21.7. The summed E-state index contributed by atoms with van der Waals surface area (Å²) in [7, 11) is 3.33. The Balaban J connectivity index is 0.000000451. The van der Waals surface area contributed by atoms with Crippen LogP contribution in [0, 0.1) is 30.3 Å². The highest BCUT2D eigenvalue weighted by Gasteiger charge is 2.24. The van der Waals surface area contributed by atoms with Crippen molar-refractivity contribution in [2.45, 2.75) is 142 Å². The Morgan fingerprint density at radius 3 is 1.40 bits per heavy atom. The molecule has 4 rings (SSSR count). The Kier molecular flexibility index (Phi) is 40.2. The zero-order valence-corrected chi connectivity index (χ0v) is 52.5. The molecule has 1 aliphatic rings. The van der Waals surface area contributed by atoms with Gasteiger partial charge < -0.3 is 77.8 Å². The molecular formula is C60H94N6O22. The molecule has 0 aliphatic heterocycles. The molecule has 3 atom stereocenters. The number of para-hydroxylation sites is 1. The minimum atomic E-state index is -0.920. The van der Waals surface area contributed by atoms with Gasteiger partial charge in [-0.15, -0.1) is 30.3 Å². The van der Waals surface area contributed by atoms with Crippen molar-refractivity contribution in [3.63, 3.8) is 0 Å². The summed E-state index contributed by atoms with van der Waals surface area (Å²) in [6.45, 7) is 15.8. The minimum Gasteiger partial charge on any atom is -0.490 e. The highest BCUT2D eigenvalue weighted by atomic mass is 17.0. The lowest BCUT2D eigenvalue weighted by Crippen LogP contribution is -2.44. The van der Waals surface area contributed by atoms with E-state index in [1.165, 1.54) is 31.2 Å². The van der Waals surface area contributed by atoms with Gasteiger partial charge in [0, 0.05) is 57.9 Å². The topological polar surface area (TPSA) is 337 Å². The lowest BCUT2D eigenvalue weighted by Gasteiger charge is -2.26. The van der Waals surface area contributed by atoms with Gasteiger partial charge in [0.05, 0.1) is 33.0 Å². The molecule has 3 aromatic rings. The summed E-state index contributed by atoms with van der Waals surface area (Å²) >= 11 is 0. The van der Waals surface area contributed by atoms with Gasteiger partial charge in [-0.1, -0.05) is 83.0 Å². The largest absolute Gasteiger partial charge is 0.490 e. The zero-order chi connectivity index (χ0) is 65.0. The lowest BCUT2D eigenvalue weighted by molar-refractivity contribution is -0.758. The number of carbonyl (C=O) groups is 3. The van der Waals surface area contributed by atoms with E-state index in [0.29, 0.717) is 50.3 Å². The number of nitrogens with one attached hydrogen (secondary N) is 3. The van der Waals surface area contributed by atoms with E-state index in [1.807, 2.05) is 115 Å². The van der Waals surface area contributed by atoms with Gasteiger partial charge >= 0.3 is 17.9 Å². The number of rotatable bonds is 44. The van der Waals surface area contributed by atoms with Crippen LogP contribution in [0.2, 0.25) is 0 Å². The maximum Gasteiger partial charge on any atom is 0.332 e. The Hall–Kier alpha value is -7.21. The third-order valence-corrected chi connectivity index (χ3v) is 12.3. The van der Waals surface area contributed by atoms with Crippen molar-refractivity contribution in [1.82, 2.24) is 16.0 Å². The number of hydrogen-bond acceptors (Lipinski definition) is 25. The molecule has 0 bridgehead atoms. The first-order valence-corrected chi connectivity index (χ1v) is 29.5. The molecule has 0 amide bonds. The van der Waals surface area contributed by atoms with E-state index < -0.39 is 51.5 Å². The molecule has 88 heavy (non-hydrogen) atoms. The Morgan fingerprint density at radius 1 is 0.545 bits per heavy atom. The summed E-state index contributed by atoms with van der Waals surface area (Å²) < 4.78 is 54.1. The van der Waals surface area contributed by atoms with Crippen LogP contribution in [0.5, 0.6) is 17.2 Å². The van der Waals surface area contributed by atoms with E-state index in [1.54, 1.807) is 14.2 Å². The van der Waals surface area contributed by atoms with Gasteiger partial charge in [0.2, 0.25) is 0 Å². The molecule has 2 unspecified atom stereocenters. The van der Waals surface area contributed by atoms with Crippen LogP contribution in [0.4, 0.5) is 0 Å². The highest BCUT2D eigenvalue weighted by molar-refractivity contribution is 5.71. The number of methoxy groups -OCH3 is 2. The van der Waals surface area contributed by atoms with Crippen molar-refractivity contribution in [1.29, 1.82) is 0 Å². The van der Waals surface area contributed by atoms with Gasteiger partial charge in [-0.05, 0) is 106 Å². The number of nitrogens with zero attached hydrogens (tertiary/aromatic N) is 3. The fourth-order valence-electron chi connectivity index (χ4n) is 7.94. The molecule has 0 spiro atoms. The van der Waals surface area contributed by atoms with Crippen LogP contribution in [0.1, 0.15) is 110 Å². The maximum absolute atomic E-state index is 12.2. The molecule has 0 radical (unpaired) electrons. The number of carbonyl (C=O) groups excluding carboxylic acids is 3. The Morgan fingerprint density at radius 2 is 0.966 bits per heavy atom. The third-order valence-electron chi connectivity index (χ3n) is 12.3. The van der Waals surface area contributed by atoms with Gasteiger partial charge in [0.25, 0.3) is 15.3 Å². The average Bonchev–Trinajstić information content (AvgIpc) is 3.79. The Labute approximate surface area is 515 Å². The van der Waals surface area contributed by atoms with Crippen LogP contribution in [0.3, 0.4) is 0 Å². The number of ether oxygens (including phenoxy) is 10. The first kappa shape index (κ1) is 76.9. The number of esters is 3. The van der Waals surface area contributed by atoms with Crippen LogP contribution in [0.25, 0.3) is 0 Å².